The fraction of sp³-hybridized carbons (Fsp3) is 0.263. The summed E-state index contributed by atoms with van der Waals surface area (Å²) in [6, 6.07) is 6.85. The number of methoxy groups -OCH3 is 1. The van der Waals surface area contributed by atoms with Crippen molar-refractivity contribution < 1.29 is 14.3 Å². The number of nitrogens with zero attached hydrogens (tertiary/aromatic N) is 3. The second-order valence-corrected chi connectivity index (χ2v) is 7.06. The molecule has 0 spiro atoms. The first kappa shape index (κ1) is 19.8. The molecule has 2 heterocycles. The van der Waals surface area contributed by atoms with E-state index in [0.29, 0.717) is 40.6 Å². The molecule has 9 heteroatoms. The third-order valence-corrected chi connectivity index (χ3v) is 4.84. The summed E-state index contributed by atoms with van der Waals surface area (Å²) < 4.78 is 5.85. The highest BCUT2D eigenvalue weighted by Crippen LogP contribution is 2.23. The van der Waals surface area contributed by atoms with Gasteiger partial charge in [0.05, 0.1) is 17.8 Å². The molecule has 2 amide bonds. The zero-order chi connectivity index (χ0) is 20.1. The first-order chi connectivity index (χ1) is 13.5. The highest BCUT2D eigenvalue weighted by Gasteiger charge is 2.27. The molecule has 1 unspecified atom stereocenters. The number of likely N-dealkylation sites (tertiary alicyclic amines) is 1. The highest BCUT2D eigenvalue weighted by atomic mass is 79.9. The third kappa shape index (κ3) is 4.66. The van der Waals surface area contributed by atoms with Crippen LogP contribution < -0.4 is 15.4 Å². The number of anilines is 2. The maximum Gasteiger partial charge on any atom is 0.253 e. The summed E-state index contributed by atoms with van der Waals surface area (Å²) >= 11 is 3.32. The normalized spacial score (nSPS) is 15.8. The molecule has 1 aromatic heterocycles. The Kier molecular flexibility index (Phi) is 6.25. The Bertz CT molecular complexity index is 888. The summed E-state index contributed by atoms with van der Waals surface area (Å²) in [4.78, 5) is 34.3. The average molecular weight is 446 g/mol. The predicted molar refractivity (Wildman–Crippen MR) is 109 cm³/mol. The van der Waals surface area contributed by atoms with Crippen LogP contribution in [0.2, 0.25) is 0 Å². The lowest BCUT2D eigenvalue weighted by molar-refractivity contribution is -0.111. The van der Waals surface area contributed by atoms with Crippen molar-refractivity contribution in [1.82, 2.24) is 14.9 Å². The molecule has 2 N–H and O–H groups in total. The molecule has 28 heavy (non-hydrogen) atoms. The Morgan fingerprint density at radius 2 is 2.11 bits per heavy atom. The van der Waals surface area contributed by atoms with E-state index < -0.39 is 0 Å². The molecule has 1 aromatic carbocycles. The molecule has 2 aromatic rings. The van der Waals surface area contributed by atoms with Gasteiger partial charge in [-0.05, 0) is 52.7 Å². The molecule has 1 fully saturated rings. The van der Waals surface area contributed by atoms with E-state index in [9.17, 15) is 9.59 Å². The van der Waals surface area contributed by atoms with Gasteiger partial charge in [0.15, 0.2) is 0 Å². The van der Waals surface area contributed by atoms with Crippen LogP contribution in [0.3, 0.4) is 0 Å². The predicted octanol–water partition coefficient (Wildman–Crippen LogP) is 2.70. The fourth-order valence-corrected chi connectivity index (χ4v) is 3.23. The van der Waals surface area contributed by atoms with Gasteiger partial charge in [0.1, 0.15) is 0 Å². The van der Waals surface area contributed by atoms with Crippen LogP contribution in [-0.4, -0.2) is 52.9 Å². The van der Waals surface area contributed by atoms with Crippen LogP contribution in [0.1, 0.15) is 16.8 Å². The maximum absolute atomic E-state index is 12.7. The van der Waals surface area contributed by atoms with Gasteiger partial charge in [0.25, 0.3) is 5.91 Å². The number of amides is 2. The van der Waals surface area contributed by atoms with Gasteiger partial charge >= 0.3 is 0 Å². The summed E-state index contributed by atoms with van der Waals surface area (Å²) in [5, 5.41) is 5.90. The van der Waals surface area contributed by atoms with E-state index in [4.69, 9.17) is 4.74 Å². The molecular weight excluding hydrogens is 426 g/mol. The monoisotopic (exact) mass is 445 g/mol. The Morgan fingerprint density at radius 3 is 2.79 bits per heavy atom. The van der Waals surface area contributed by atoms with Crippen molar-refractivity contribution in [2.45, 2.75) is 12.5 Å². The van der Waals surface area contributed by atoms with Gasteiger partial charge in [0.2, 0.25) is 17.7 Å². The standard InChI is InChI=1S/C19H20BrN5O3/c1-3-16(26)22-13-6-4-12(5-7-13)18(27)25-9-8-14(11-25)23-19-21-10-15(20)17(24-19)28-2/h3-7,10,14H,1,8-9,11H2,2H3,(H,22,26)(H,21,23,24). The van der Waals surface area contributed by atoms with E-state index in [1.165, 1.54) is 6.08 Å². The van der Waals surface area contributed by atoms with Gasteiger partial charge in [-0.2, -0.15) is 4.98 Å². The number of aromatic nitrogens is 2. The number of hydrogen-bond acceptors (Lipinski definition) is 6. The molecule has 0 saturated carbocycles. The number of carbonyl (C=O) groups is 2. The lowest BCUT2D eigenvalue weighted by atomic mass is 10.2. The molecule has 0 aliphatic carbocycles. The largest absolute Gasteiger partial charge is 0.480 e. The van der Waals surface area contributed by atoms with Crippen LogP contribution in [0, 0.1) is 0 Å². The van der Waals surface area contributed by atoms with E-state index in [2.05, 4.69) is 43.1 Å². The lowest BCUT2D eigenvalue weighted by Gasteiger charge is -2.17. The molecule has 1 aliphatic rings. The first-order valence-corrected chi connectivity index (χ1v) is 9.45. The van der Waals surface area contributed by atoms with E-state index in [-0.39, 0.29) is 17.9 Å². The van der Waals surface area contributed by atoms with Crippen LogP contribution >= 0.6 is 15.9 Å². The lowest BCUT2D eigenvalue weighted by Crippen LogP contribution is -2.31. The van der Waals surface area contributed by atoms with Crippen molar-refractivity contribution >= 4 is 39.4 Å². The minimum Gasteiger partial charge on any atom is -0.480 e. The fourth-order valence-electron chi connectivity index (χ4n) is 2.88. The van der Waals surface area contributed by atoms with Crippen LogP contribution in [0.5, 0.6) is 5.88 Å². The van der Waals surface area contributed by atoms with E-state index in [0.717, 1.165) is 6.42 Å². The Balaban J connectivity index is 1.59. The summed E-state index contributed by atoms with van der Waals surface area (Å²) in [6.07, 6.45) is 3.61. The van der Waals surface area contributed by atoms with Crippen molar-refractivity contribution in [3.05, 3.63) is 53.2 Å². The summed E-state index contributed by atoms with van der Waals surface area (Å²) in [5.41, 5.74) is 1.18. The molecular formula is C19H20BrN5O3. The number of benzene rings is 1. The van der Waals surface area contributed by atoms with Gasteiger partial charge in [0, 0.05) is 30.4 Å². The molecule has 1 atom stereocenters. The first-order valence-electron chi connectivity index (χ1n) is 8.66. The number of carbonyl (C=O) groups excluding carboxylic acids is 2. The molecule has 146 valence electrons. The van der Waals surface area contributed by atoms with Crippen molar-refractivity contribution in [3.8, 4) is 5.88 Å². The van der Waals surface area contributed by atoms with E-state index >= 15 is 0 Å². The van der Waals surface area contributed by atoms with Gasteiger partial charge < -0.3 is 20.3 Å². The van der Waals surface area contributed by atoms with E-state index in [1.807, 2.05) is 0 Å². The number of halogens is 1. The van der Waals surface area contributed by atoms with Crippen molar-refractivity contribution in [3.63, 3.8) is 0 Å². The topological polar surface area (TPSA) is 96.5 Å². The molecule has 8 nitrogen and oxygen atoms in total. The molecule has 3 rings (SSSR count). The summed E-state index contributed by atoms with van der Waals surface area (Å²) in [7, 11) is 1.54. The molecule has 1 saturated heterocycles. The zero-order valence-electron chi connectivity index (χ0n) is 15.3. The third-order valence-electron chi connectivity index (χ3n) is 4.30. The number of nitrogens with one attached hydrogen (secondary N) is 2. The Hall–Kier alpha value is -2.94. The van der Waals surface area contributed by atoms with Crippen LogP contribution in [0.25, 0.3) is 0 Å². The van der Waals surface area contributed by atoms with Crippen molar-refractivity contribution in [1.29, 1.82) is 0 Å². The zero-order valence-corrected chi connectivity index (χ0v) is 16.9. The van der Waals surface area contributed by atoms with Crippen LogP contribution in [0.15, 0.2) is 47.6 Å². The van der Waals surface area contributed by atoms with E-state index in [1.54, 1.807) is 42.5 Å². The number of hydrogen-bond donors (Lipinski definition) is 2. The van der Waals surface area contributed by atoms with Crippen molar-refractivity contribution in [2.75, 3.05) is 30.8 Å². The quantitative estimate of drug-likeness (QED) is 0.663. The highest BCUT2D eigenvalue weighted by molar-refractivity contribution is 9.10. The molecule has 0 radical (unpaired) electrons. The minimum atomic E-state index is -0.292. The SMILES string of the molecule is C=CC(=O)Nc1ccc(C(=O)N2CCC(Nc3ncc(Br)c(OC)n3)C2)cc1. The smallest absolute Gasteiger partial charge is 0.253 e. The van der Waals surface area contributed by atoms with Gasteiger partial charge in [-0.15, -0.1) is 0 Å². The van der Waals surface area contributed by atoms with Crippen LogP contribution in [-0.2, 0) is 4.79 Å². The Morgan fingerprint density at radius 1 is 1.36 bits per heavy atom. The van der Waals surface area contributed by atoms with Crippen molar-refractivity contribution in [2.24, 2.45) is 0 Å². The second-order valence-electron chi connectivity index (χ2n) is 6.20. The summed E-state index contributed by atoms with van der Waals surface area (Å²) in [6.45, 7) is 4.60. The van der Waals surface area contributed by atoms with Gasteiger partial charge in [-0.1, -0.05) is 6.58 Å². The number of rotatable bonds is 6. The average Bonchev–Trinajstić information content (AvgIpc) is 3.17. The second kappa shape index (κ2) is 8.83. The van der Waals surface area contributed by atoms with Gasteiger partial charge in [-0.25, -0.2) is 4.98 Å². The number of ether oxygens (including phenoxy) is 1. The minimum absolute atomic E-state index is 0.0554. The molecule has 0 bridgehead atoms. The summed E-state index contributed by atoms with van der Waals surface area (Å²) in [5.74, 6) is 0.563. The molecule has 1 aliphatic heterocycles. The van der Waals surface area contributed by atoms with Gasteiger partial charge in [-0.3, -0.25) is 9.59 Å². The maximum atomic E-state index is 12.7. The Labute approximate surface area is 171 Å². The van der Waals surface area contributed by atoms with Crippen LogP contribution in [0.4, 0.5) is 11.6 Å².